The predicted octanol–water partition coefficient (Wildman–Crippen LogP) is 4.76. The minimum absolute atomic E-state index is 0.407. The predicted molar refractivity (Wildman–Crippen MR) is 167 cm³/mol. The average Bonchev–Trinajstić information content (AvgIpc) is 3.05. The Balaban J connectivity index is 1.55. The van der Waals surface area contributed by atoms with Crippen molar-refractivity contribution >= 4 is 21.5 Å². The smallest absolute Gasteiger partial charge is 0.161 e. The molecular weight excluding hydrogens is 568 g/mol. The number of fused-ring (bicyclic) bond motifs is 4. The first kappa shape index (κ1) is 32.5. The fourth-order valence-electron chi connectivity index (χ4n) is 5.55. The Morgan fingerprint density at radius 1 is 0.341 bits per heavy atom. The highest BCUT2D eigenvalue weighted by atomic mass is 16.6. The van der Waals surface area contributed by atoms with Crippen LogP contribution in [-0.4, -0.2) is 106 Å². The number of aryl methyl sites for hydroxylation is 2. The van der Waals surface area contributed by atoms with Gasteiger partial charge in [0.05, 0.1) is 79.3 Å². The highest BCUT2D eigenvalue weighted by Gasteiger charge is 2.20. The van der Waals surface area contributed by atoms with Gasteiger partial charge < -0.3 is 47.4 Å². The van der Waals surface area contributed by atoms with E-state index in [1.54, 1.807) is 0 Å². The van der Waals surface area contributed by atoms with Crippen LogP contribution in [0.15, 0.2) is 24.3 Å². The molecule has 2 aliphatic rings. The van der Waals surface area contributed by atoms with Crippen LogP contribution in [0.4, 0.5) is 0 Å². The van der Waals surface area contributed by atoms with Gasteiger partial charge in [-0.3, -0.25) is 0 Å². The molecule has 10 heteroatoms. The number of ether oxygens (including phenoxy) is 10. The van der Waals surface area contributed by atoms with Gasteiger partial charge in [-0.2, -0.15) is 0 Å². The molecule has 0 bridgehead atoms. The lowest BCUT2D eigenvalue weighted by Gasteiger charge is -2.21. The summed E-state index contributed by atoms with van der Waals surface area (Å²) in [7, 11) is 0. The highest BCUT2D eigenvalue weighted by Crippen LogP contribution is 2.43. The lowest BCUT2D eigenvalue weighted by Crippen LogP contribution is -2.13. The van der Waals surface area contributed by atoms with Gasteiger partial charge in [0, 0.05) is 0 Å². The molecule has 0 N–H and O–H groups in total. The van der Waals surface area contributed by atoms with Crippen molar-refractivity contribution in [3.05, 3.63) is 35.4 Å². The van der Waals surface area contributed by atoms with Crippen molar-refractivity contribution in [3.8, 4) is 23.0 Å². The van der Waals surface area contributed by atoms with E-state index < -0.39 is 0 Å². The Morgan fingerprint density at radius 2 is 0.545 bits per heavy atom. The van der Waals surface area contributed by atoms with Crippen molar-refractivity contribution in [1.82, 2.24) is 0 Å². The molecule has 0 saturated heterocycles. The number of hydrogen-bond acceptors (Lipinski definition) is 10. The molecule has 2 aliphatic heterocycles. The quantitative estimate of drug-likeness (QED) is 0.377. The Labute approximate surface area is 259 Å². The van der Waals surface area contributed by atoms with Crippen molar-refractivity contribution in [2.45, 2.75) is 26.7 Å². The molecule has 0 saturated carbocycles. The maximum absolute atomic E-state index is 6.24. The van der Waals surface area contributed by atoms with E-state index in [0.717, 1.165) is 34.4 Å². The first-order valence-corrected chi connectivity index (χ1v) is 15.9. The third-order valence-corrected chi connectivity index (χ3v) is 7.60. The van der Waals surface area contributed by atoms with Crippen LogP contribution in [0.1, 0.15) is 25.0 Å². The van der Waals surface area contributed by atoms with E-state index in [1.807, 2.05) is 0 Å². The van der Waals surface area contributed by atoms with E-state index in [1.165, 1.54) is 11.1 Å². The van der Waals surface area contributed by atoms with E-state index in [4.69, 9.17) is 47.4 Å². The summed E-state index contributed by atoms with van der Waals surface area (Å²) in [6.07, 6.45) is 1.65. The molecule has 0 aliphatic carbocycles. The Morgan fingerprint density at radius 3 is 0.750 bits per heavy atom. The molecule has 242 valence electrons. The van der Waals surface area contributed by atoms with Gasteiger partial charge in [-0.15, -0.1) is 0 Å². The zero-order valence-corrected chi connectivity index (χ0v) is 26.1. The topological polar surface area (TPSA) is 92.3 Å². The van der Waals surface area contributed by atoms with Gasteiger partial charge in [-0.05, 0) is 69.8 Å². The molecule has 0 fully saturated rings. The van der Waals surface area contributed by atoms with Crippen molar-refractivity contribution in [2.75, 3.05) is 106 Å². The Bertz CT molecular complexity index is 1130. The minimum Gasteiger partial charge on any atom is -0.487 e. The molecule has 0 atom stereocenters. The van der Waals surface area contributed by atoms with Crippen LogP contribution in [0.5, 0.6) is 23.0 Å². The van der Waals surface area contributed by atoms with Crippen LogP contribution >= 0.6 is 0 Å². The molecule has 0 unspecified atom stereocenters. The van der Waals surface area contributed by atoms with Crippen LogP contribution in [0.2, 0.25) is 0 Å². The third kappa shape index (κ3) is 8.65. The Hall–Kier alpha value is -2.86. The van der Waals surface area contributed by atoms with Gasteiger partial charge in [0.2, 0.25) is 0 Å². The van der Waals surface area contributed by atoms with Crippen LogP contribution in [0, 0.1) is 0 Å². The first-order chi connectivity index (χ1) is 21.8. The van der Waals surface area contributed by atoms with Crippen molar-refractivity contribution in [2.24, 2.45) is 0 Å². The SMILES string of the molecule is CCc1c2cc3c(cc2c(CC)c2cc4c(cc12)OCCOCCOCCOCCO4)OCCOCCOCCOCCO3. The van der Waals surface area contributed by atoms with E-state index in [2.05, 4.69) is 38.1 Å². The maximum atomic E-state index is 6.24. The molecule has 0 aromatic heterocycles. The second kappa shape index (κ2) is 17.6. The fraction of sp³-hybridized carbons (Fsp3) is 0.588. The second-order valence-corrected chi connectivity index (χ2v) is 10.4. The molecule has 3 aromatic rings. The van der Waals surface area contributed by atoms with Crippen LogP contribution < -0.4 is 18.9 Å². The molecule has 5 rings (SSSR count). The van der Waals surface area contributed by atoms with Crippen LogP contribution in [0.25, 0.3) is 21.5 Å². The summed E-state index contributed by atoms with van der Waals surface area (Å²) < 4.78 is 58.8. The van der Waals surface area contributed by atoms with Gasteiger partial charge in [0.1, 0.15) is 26.4 Å². The second-order valence-electron chi connectivity index (χ2n) is 10.4. The molecule has 10 nitrogen and oxygen atoms in total. The average molecular weight is 615 g/mol. The lowest BCUT2D eigenvalue weighted by molar-refractivity contribution is 0.00708. The van der Waals surface area contributed by atoms with E-state index in [-0.39, 0.29) is 0 Å². The van der Waals surface area contributed by atoms with Gasteiger partial charge in [-0.25, -0.2) is 0 Å². The fourth-order valence-corrected chi connectivity index (χ4v) is 5.55. The number of hydrogen-bond donors (Lipinski definition) is 0. The van der Waals surface area contributed by atoms with Crippen LogP contribution in [-0.2, 0) is 41.3 Å². The third-order valence-electron chi connectivity index (χ3n) is 7.60. The van der Waals surface area contributed by atoms with Crippen molar-refractivity contribution in [1.29, 1.82) is 0 Å². The van der Waals surface area contributed by atoms with Gasteiger partial charge in [0.15, 0.2) is 23.0 Å². The normalized spacial score (nSPS) is 19.0. The highest BCUT2D eigenvalue weighted by molar-refractivity contribution is 6.07. The summed E-state index contributed by atoms with van der Waals surface area (Å²) in [5.41, 5.74) is 2.43. The van der Waals surface area contributed by atoms with Crippen molar-refractivity contribution < 1.29 is 47.4 Å². The standard InChI is InChI=1S/C34H46O10/c1-3-25-27-21-31-33(43-19-15-39-11-7-35-5-9-37-13-17-41-31)23-29(27)26(4-2)30-24-34-32(22-28(25)30)42-18-14-38-10-6-36-8-12-40-16-20-44-34/h21-24H,3-20H2,1-2H3. The number of rotatable bonds is 2. The summed E-state index contributed by atoms with van der Waals surface area (Å²) >= 11 is 0. The molecular formula is C34H46O10. The van der Waals surface area contributed by atoms with Gasteiger partial charge in [0.25, 0.3) is 0 Å². The minimum atomic E-state index is 0.407. The first-order valence-electron chi connectivity index (χ1n) is 15.9. The van der Waals surface area contributed by atoms with E-state index in [9.17, 15) is 0 Å². The van der Waals surface area contributed by atoms with E-state index >= 15 is 0 Å². The zero-order chi connectivity index (χ0) is 30.4. The summed E-state index contributed by atoms with van der Waals surface area (Å²) in [5.74, 6) is 2.77. The molecule has 0 amide bonds. The Kier molecular flexibility index (Phi) is 13.0. The van der Waals surface area contributed by atoms with Gasteiger partial charge >= 0.3 is 0 Å². The summed E-state index contributed by atoms with van der Waals surface area (Å²) in [6, 6.07) is 8.46. The monoisotopic (exact) mass is 614 g/mol. The van der Waals surface area contributed by atoms with Crippen LogP contribution in [0.3, 0.4) is 0 Å². The maximum Gasteiger partial charge on any atom is 0.161 e. The van der Waals surface area contributed by atoms with Crippen molar-refractivity contribution in [3.63, 3.8) is 0 Å². The molecule has 44 heavy (non-hydrogen) atoms. The molecule has 0 radical (unpaired) electrons. The summed E-state index contributed by atoms with van der Waals surface area (Å²) in [4.78, 5) is 0. The zero-order valence-electron chi connectivity index (χ0n) is 26.1. The molecule has 3 aromatic carbocycles. The summed E-state index contributed by atoms with van der Waals surface area (Å²) in [5, 5.41) is 4.55. The number of benzene rings is 3. The molecule has 0 spiro atoms. The lowest BCUT2D eigenvalue weighted by atomic mass is 9.89. The largest absolute Gasteiger partial charge is 0.487 e. The van der Waals surface area contributed by atoms with Gasteiger partial charge in [-0.1, -0.05) is 13.8 Å². The molecule has 2 heterocycles. The summed E-state index contributed by atoms with van der Waals surface area (Å²) in [6.45, 7) is 12.0. The van der Waals surface area contributed by atoms with E-state index in [0.29, 0.717) is 129 Å².